The van der Waals surface area contributed by atoms with Crippen molar-refractivity contribution in [3.8, 4) is 0 Å². The standard InChI is InChI=1S/C31H22BrClO3Se/c32-25-16-14-23(15-17-25)29(34)31(36-30(35)24-12-7-13-26(33)18-24)19-27(21-8-3-1-4-9-21)28(20-37-31)22-10-5-2-6-11-22/h1-18H,19-20H2. The molecule has 0 saturated carbocycles. The number of hydrogen-bond acceptors (Lipinski definition) is 3. The van der Waals surface area contributed by atoms with Gasteiger partial charge in [-0.1, -0.05) is 0 Å². The quantitative estimate of drug-likeness (QED) is 0.123. The summed E-state index contributed by atoms with van der Waals surface area (Å²) in [7, 11) is 0. The molecule has 1 unspecified atom stereocenters. The van der Waals surface area contributed by atoms with Crippen LogP contribution in [0.25, 0.3) is 11.1 Å². The molecule has 3 nitrogen and oxygen atoms in total. The molecule has 0 N–H and O–H groups in total. The number of ketones is 1. The number of benzene rings is 4. The molecule has 0 spiro atoms. The third-order valence-corrected chi connectivity index (χ3v) is 9.76. The normalized spacial score (nSPS) is 17.4. The van der Waals surface area contributed by atoms with Crippen LogP contribution in [0.15, 0.2) is 114 Å². The van der Waals surface area contributed by atoms with Gasteiger partial charge in [-0.05, 0) is 0 Å². The minimum absolute atomic E-state index is 0.184. The summed E-state index contributed by atoms with van der Waals surface area (Å²) in [6.45, 7) is 0. The van der Waals surface area contributed by atoms with Crippen molar-refractivity contribution < 1.29 is 14.3 Å². The molecule has 37 heavy (non-hydrogen) atoms. The minimum atomic E-state index is -1.30. The average Bonchev–Trinajstić information content (AvgIpc) is 2.94. The summed E-state index contributed by atoms with van der Waals surface area (Å²) in [5.74, 6) is -0.735. The molecule has 0 fully saturated rings. The Bertz CT molecular complexity index is 1470. The summed E-state index contributed by atoms with van der Waals surface area (Å²) in [4.78, 5) is 27.6. The van der Waals surface area contributed by atoms with Gasteiger partial charge in [0, 0.05) is 0 Å². The Morgan fingerprint density at radius 1 is 0.757 bits per heavy atom. The molecule has 0 bridgehead atoms. The van der Waals surface area contributed by atoms with Gasteiger partial charge in [-0.2, -0.15) is 0 Å². The first-order chi connectivity index (χ1) is 17.9. The topological polar surface area (TPSA) is 43.4 Å². The van der Waals surface area contributed by atoms with Crippen LogP contribution < -0.4 is 0 Å². The Hall–Kier alpha value is -2.95. The summed E-state index contributed by atoms with van der Waals surface area (Å²) in [5.41, 5.74) is 5.18. The summed E-state index contributed by atoms with van der Waals surface area (Å²) in [6, 6.07) is 34.1. The molecule has 4 aromatic rings. The van der Waals surface area contributed by atoms with Crippen molar-refractivity contribution in [2.24, 2.45) is 0 Å². The predicted molar refractivity (Wildman–Crippen MR) is 153 cm³/mol. The molecule has 1 heterocycles. The van der Waals surface area contributed by atoms with Crippen molar-refractivity contribution in [3.63, 3.8) is 0 Å². The first-order valence-electron chi connectivity index (χ1n) is 11.7. The second kappa shape index (κ2) is 11.2. The van der Waals surface area contributed by atoms with Gasteiger partial charge in [0.05, 0.1) is 0 Å². The van der Waals surface area contributed by atoms with E-state index in [1.165, 1.54) is 5.57 Å². The second-order valence-corrected chi connectivity index (χ2v) is 12.6. The van der Waals surface area contributed by atoms with Gasteiger partial charge in [-0.15, -0.1) is 0 Å². The van der Waals surface area contributed by atoms with Gasteiger partial charge in [-0.3, -0.25) is 0 Å². The Labute approximate surface area is 235 Å². The van der Waals surface area contributed by atoms with Gasteiger partial charge in [-0.25, -0.2) is 0 Å². The second-order valence-electron chi connectivity index (χ2n) is 8.64. The fraction of sp³-hybridized carbons (Fsp3) is 0.0968. The Morgan fingerprint density at radius 2 is 1.38 bits per heavy atom. The number of halogens is 2. The SMILES string of the molecule is O=C(OC1(C(=O)c2ccc(Br)cc2)CC(c2ccccc2)=C(c2ccccc2)C[Se]1)c1cccc(Cl)c1. The molecule has 0 aliphatic carbocycles. The third-order valence-electron chi connectivity index (χ3n) is 6.24. The zero-order valence-electron chi connectivity index (χ0n) is 19.7. The van der Waals surface area contributed by atoms with Crippen LogP contribution in [-0.2, 0) is 4.74 Å². The van der Waals surface area contributed by atoms with Crippen LogP contribution in [-0.4, -0.2) is 31.2 Å². The van der Waals surface area contributed by atoms with Crippen molar-refractivity contribution in [1.82, 2.24) is 0 Å². The number of rotatable bonds is 6. The summed E-state index contributed by atoms with van der Waals surface area (Å²) < 4.78 is 5.81. The Kier molecular flexibility index (Phi) is 7.78. The molecule has 1 aliphatic heterocycles. The average molecular weight is 637 g/mol. The molecule has 0 radical (unpaired) electrons. The van der Waals surface area contributed by atoms with E-state index in [4.69, 9.17) is 16.3 Å². The summed E-state index contributed by atoms with van der Waals surface area (Å²) in [5, 5.41) is 1.08. The van der Waals surface area contributed by atoms with E-state index in [1.807, 2.05) is 60.7 Å². The number of allylic oxidation sites excluding steroid dienone is 1. The molecule has 5 rings (SSSR count). The fourth-order valence-electron chi connectivity index (χ4n) is 4.38. The maximum absolute atomic E-state index is 14.2. The van der Waals surface area contributed by atoms with Crippen LogP contribution in [0.1, 0.15) is 38.3 Å². The Balaban J connectivity index is 1.63. The molecule has 1 aliphatic rings. The molecular weight excluding hydrogens is 615 g/mol. The number of ether oxygens (including phenoxy) is 1. The van der Waals surface area contributed by atoms with Crippen LogP contribution in [0.3, 0.4) is 0 Å². The van der Waals surface area contributed by atoms with Gasteiger partial charge >= 0.3 is 237 Å². The van der Waals surface area contributed by atoms with E-state index in [-0.39, 0.29) is 20.7 Å². The molecule has 1 atom stereocenters. The van der Waals surface area contributed by atoms with Crippen LogP contribution in [0, 0.1) is 0 Å². The molecule has 0 aromatic heterocycles. The first-order valence-corrected chi connectivity index (χ1v) is 15.0. The monoisotopic (exact) mass is 636 g/mol. The molecule has 4 aromatic carbocycles. The number of carbonyl (C=O) groups excluding carboxylic acids is 2. The first kappa shape index (κ1) is 25.7. The van der Waals surface area contributed by atoms with E-state index < -0.39 is 10.5 Å². The van der Waals surface area contributed by atoms with Crippen LogP contribution in [0.2, 0.25) is 10.3 Å². The zero-order valence-corrected chi connectivity index (χ0v) is 23.8. The number of esters is 1. The molecule has 6 heteroatoms. The van der Waals surface area contributed by atoms with Crippen LogP contribution >= 0.6 is 27.5 Å². The van der Waals surface area contributed by atoms with E-state index in [2.05, 4.69) is 28.1 Å². The molecule has 0 amide bonds. The number of Topliss-reactive ketones (excluding diaryl/α,β-unsaturated/α-hetero) is 1. The Morgan fingerprint density at radius 3 is 2.00 bits per heavy atom. The van der Waals surface area contributed by atoms with E-state index in [9.17, 15) is 9.59 Å². The van der Waals surface area contributed by atoms with Gasteiger partial charge in [0.15, 0.2) is 0 Å². The van der Waals surface area contributed by atoms with Crippen molar-refractivity contribution in [3.05, 3.63) is 141 Å². The van der Waals surface area contributed by atoms with Crippen LogP contribution in [0.5, 0.6) is 0 Å². The zero-order chi connectivity index (χ0) is 25.8. The van der Waals surface area contributed by atoms with E-state index in [1.54, 1.807) is 36.4 Å². The molecular formula is C31H22BrClO3Se. The van der Waals surface area contributed by atoms with E-state index in [0.717, 1.165) is 21.2 Å². The fourth-order valence-corrected chi connectivity index (χ4v) is 7.67. The number of hydrogen-bond donors (Lipinski definition) is 0. The van der Waals surface area contributed by atoms with Crippen LogP contribution in [0.4, 0.5) is 0 Å². The summed E-state index contributed by atoms with van der Waals surface area (Å²) in [6.07, 6.45) is 0.294. The van der Waals surface area contributed by atoms with Gasteiger partial charge in [0.1, 0.15) is 0 Å². The van der Waals surface area contributed by atoms with Crippen molar-refractivity contribution in [2.45, 2.75) is 16.2 Å². The van der Waals surface area contributed by atoms with Crippen molar-refractivity contribution in [1.29, 1.82) is 0 Å². The predicted octanol–water partition coefficient (Wildman–Crippen LogP) is 7.98. The van der Waals surface area contributed by atoms with Crippen molar-refractivity contribution in [2.75, 3.05) is 0 Å². The van der Waals surface area contributed by atoms with E-state index >= 15 is 0 Å². The van der Waals surface area contributed by atoms with Crippen molar-refractivity contribution >= 4 is 65.4 Å². The van der Waals surface area contributed by atoms with E-state index in [0.29, 0.717) is 27.9 Å². The van der Waals surface area contributed by atoms with Gasteiger partial charge < -0.3 is 0 Å². The van der Waals surface area contributed by atoms with Gasteiger partial charge in [0.2, 0.25) is 0 Å². The third kappa shape index (κ3) is 5.66. The number of carbonyl (C=O) groups is 2. The summed E-state index contributed by atoms with van der Waals surface area (Å²) >= 11 is 9.22. The van der Waals surface area contributed by atoms with Gasteiger partial charge in [0.25, 0.3) is 0 Å². The molecule has 184 valence electrons. The molecule has 0 saturated heterocycles. The maximum atomic E-state index is 14.2.